The van der Waals surface area contributed by atoms with Gasteiger partial charge in [0.2, 0.25) is 0 Å². The van der Waals surface area contributed by atoms with E-state index in [-0.39, 0.29) is 17.5 Å². The predicted octanol–water partition coefficient (Wildman–Crippen LogP) is 4.65. The van der Waals surface area contributed by atoms with Gasteiger partial charge < -0.3 is 10.1 Å². The maximum atomic E-state index is 13.0. The van der Waals surface area contributed by atoms with Crippen LogP contribution in [-0.4, -0.2) is 12.5 Å². The molecule has 3 rings (SSSR count). The third kappa shape index (κ3) is 3.60. The Morgan fingerprint density at radius 3 is 2.70 bits per heavy atom. The van der Waals surface area contributed by atoms with Crippen molar-refractivity contribution in [3.63, 3.8) is 0 Å². The number of benzene rings is 3. The summed E-state index contributed by atoms with van der Waals surface area (Å²) in [5, 5.41) is 4.70. The van der Waals surface area contributed by atoms with Crippen molar-refractivity contribution >= 4 is 34.0 Å². The zero-order chi connectivity index (χ0) is 16.2. The molecule has 116 valence electrons. The molecule has 5 heteroatoms. The largest absolute Gasteiger partial charge is 0.483 e. The smallest absolute Gasteiger partial charge is 0.262 e. The van der Waals surface area contributed by atoms with Crippen molar-refractivity contribution in [1.29, 1.82) is 0 Å². The van der Waals surface area contributed by atoms with Gasteiger partial charge in [0.05, 0.1) is 10.7 Å². The molecule has 0 fully saturated rings. The highest BCUT2D eigenvalue weighted by Crippen LogP contribution is 2.25. The molecular weight excluding hydrogens is 317 g/mol. The van der Waals surface area contributed by atoms with Gasteiger partial charge in [0, 0.05) is 5.39 Å². The first-order valence-corrected chi connectivity index (χ1v) is 7.37. The molecule has 3 aromatic carbocycles. The van der Waals surface area contributed by atoms with Gasteiger partial charge >= 0.3 is 0 Å². The van der Waals surface area contributed by atoms with Crippen molar-refractivity contribution in [3.05, 3.63) is 71.5 Å². The first kappa shape index (κ1) is 15.3. The molecule has 0 aromatic heterocycles. The highest BCUT2D eigenvalue weighted by molar-refractivity contribution is 6.33. The van der Waals surface area contributed by atoms with E-state index in [0.717, 1.165) is 16.8 Å². The zero-order valence-corrected chi connectivity index (χ0v) is 12.8. The van der Waals surface area contributed by atoms with E-state index in [9.17, 15) is 9.18 Å². The van der Waals surface area contributed by atoms with E-state index in [0.29, 0.717) is 11.4 Å². The number of hydrogen-bond acceptors (Lipinski definition) is 2. The minimum absolute atomic E-state index is 0.142. The SMILES string of the molecule is O=C(COc1cccc2ccccc12)Nc1ccc(F)cc1Cl. The van der Waals surface area contributed by atoms with Gasteiger partial charge in [-0.15, -0.1) is 0 Å². The fourth-order valence-electron chi connectivity index (χ4n) is 2.24. The quantitative estimate of drug-likeness (QED) is 0.756. The van der Waals surface area contributed by atoms with Crippen LogP contribution in [0.5, 0.6) is 5.75 Å². The number of halogens is 2. The number of rotatable bonds is 4. The van der Waals surface area contributed by atoms with Crippen LogP contribution in [0.15, 0.2) is 60.7 Å². The van der Waals surface area contributed by atoms with Crippen LogP contribution in [0.3, 0.4) is 0 Å². The van der Waals surface area contributed by atoms with Crippen molar-refractivity contribution in [2.45, 2.75) is 0 Å². The Morgan fingerprint density at radius 2 is 1.87 bits per heavy atom. The van der Waals surface area contributed by atoms with Crippen molar-refractivity contribution in [2.75, 3.05) is 11.9 Å². The minimum atomic E-state index is -0.458. The standard InChI is InChI=1S/C18H13ClFNO2/c19-15-10-13(20)8-9-16(15)21-18(22)11-23-17-7-3-5-12-4-1-2-6-14(12)17/h1-10H,11H2,(H,21,22). The second-order valence-corrected chi connectivity index (χ2v) is 5.35. The Labute approximate surface area is 137 Å². The lowest BCUT2D eigenvalue weighted by Gasteiger charge is -2.10. The molecule has 0 spiro atoms. The van der Waals surface area contributed by atoms with Gasteiger partial charge in [-0.1, -0.05) is 48.0 Å². The number of nitrogens with one attached hydrogen (secondary N) is 1. The normalized spacial score (nSPS) is 10.5. The van der Waals surface area contributed by atoms with Crippen LogP contribution in [0.1, 0.15) is 0 Å². The first-order valence-electron chi connectivity index (χ1n) is 6.99. The Morgan fingerprint density at radius 1 is 1.09 bits per heavy atom. The summed E-state index contributed by atoms with van der Waals surface area (Å²) in [6.07, 6.45) is 0. The van der Waals surface area contributed by atoms with Crippen LogP contribution >= 0.6 is 11.6 Å². The van der Waals surface area contributed by atoms with Crippen LogP contribution in [0, 0.1) is 5.82 Å². The van der Waals surface area contributed by atoms with Crippen molar-refractivity contribution in [2.24, 2.45) is 0 Å². The topological polar surface area (TPSA) is 38.3 Å². The van der Waals surface area contributed by atoms with Crippen LogP contribution in [-0.2, 0) is 4.79 Å². The third-order valence-corrected chi connectivity index (χ3v) is 3.63. The number of carbonyl (C=O) groups is 1. The number of ether oxygens (including phenoxy) is 1. The molecule has 0 bridgehead atoms. The summed E-state index contributed by atoms with van der Waals surface area (Å²) in [5.41, 5.74) is 0.347. The molecule has 0 unspecified atom stereocenters. The minimum Gasteiger partial charge on any atom is -0.483 e. The van der Waals surface area contributed by atoms with E-state index in [1.54, 1.807) is 6.07 Å². The van der Waals surface area contributed by atoms with E-state index in [4.69, 9.17) is 16.3 Å². The molecule has 1 amide bonds. The summed E-state index contributed by atoms with van der Waals surface area (Å²) in [6, 6.07) is 17.2. The first-order chi connectivity index (χ1) is 11.1. The second-order valence-electron chi connectivity index (χ2n) is 4.94. The van der Waals surface area contributed by atoms with Gasteiger partial charge in [-0.05, 0) is 29.7 Å². The number of amides is 1. The predicted molar refractivity (Wildman–Crippen MR) is 89.5 cm³/mol. The zero-order valence-electron chi connectivity index (χ0n) is 12.1. The molecular formula is C18H13ClFNO2. The Bertz CT molecular complexity index is 861. The number of hydrogen-bond donors (Lipinski definition) is 1. The summed E-state index contributed by atoms with van der Waals surface area (Å²) in [7, 11) is 0. The second kappa shape index (κ2) is 6.67. The highest BCUT2D eigenvalue weighted by atomic mass is 35.5. The third-order valence-electron chi connectivity index (χ3n) is 3.31. The van der Waals surface area contributed by atoms with Gasteiger partial charge in [0.15, 0.2) is 6.61 Å². The molecule has 3 nitrogen and oxygen atoms in total. The summed E-state index contributed by atoms with van der Waals surface area (Å²) < 4.78 is 18.6. The van der Waals surface area contributed by atoms with Gasteiger partial charge in [0.25, 0.3) is 5.91 Å². The Balaban J connectivity index is 1.69. The van der Waals surface area contributed by atoms with Crippen molar-refractivity contribution in [3.8, 4) is 5.75 Å². The van der Waals surface area contributed by atoms with E-state index in [1.807, 2.05) is 36.4 Å². The maximum Gasteiger partial charge on any atom is 0.262 e. The number of anilines is 1. The summed E-state index contributed by atoms with van der Waals surface area (Å²) in [6.45, 7) is -0.165. The molecule has 23 heavy (non-hydrogen) atoms. The Hall–Kier alpha value is -2.59. The lowest BCUT2D eigenvalue weighted by Crippen LogP contribution is -2.20. The molecule has 3 aromatic rings. The maximum absolute atomic E-state index is 13.0. The van der Waals surface area contributed by atoms with Gasteiger partial charge in [-0.25, -0.2) is 4.39 Å². The lowest BCUT2D eigenvalue weighted by molar-refractivity contribution is -0.118. The summed E-state index contributed by atoms with van der Waals surface area (Å²) >= 11 is 5.87. The lowest BCUT2D eigenvalue weighted by atomic mass is 10.1. The average Bonchev–Trinajstić information content (AvgIpc) is 2.55. The van der Waals surface area contributed by atoms with E-state index in [2.05, 4.69) is 5.32 Å². The van der Waals surface area contributed by atoms with E-state index >= 15 is 0 Å². The molecule has 0 aliphatic heterocycles. The summed E-state index contributed by atoms with van der Waals surface area (Å²) in [4.78, 5) is 12.0. The highest BCUT2D eigenvalue weighted by Gasteiger charge is 2.09. The van der Waals surface area contributed by atoms with Crippen molar-refractivity contribution in [1.82, 2.24) is 0 Å². The number of carbonyl (C=O) groups excluding carboxylic acids is 1. The molecule has 1 N–H and O–H groups in total. The van der Waals surface area contributed by atoms with E-state index < -0.39 is 5.82 Å². The van der Waals surface area contributed by atoms with Gasteiger partial charge in [-0.2, -0.15) is 0 Å². The summed E-state index contributed by atoms with van der Waals surface area (Å²) in [5.74, 6) is -0.199. The van der Waals surface area contributed by atoms with E-state index in [1.165, 1.54) is 12.1 Å². The molecule has 0 aliphatic rings. The average molecular weight is 330 g/mol. The Kier molecular flexibility index (Phi) is 4.44. The fraction of sp³-hybridized carbons (Fsp3) is 0.0556. The monoisotopic (exact) mass is 329 g/mol. The van der Waals surface area contributed by atoms with Gasteiger partial charge in [-0.3, -0.25) is 4.79 Å². The molecule has 0 saturated heterocycles. The van der Waals surface area contributed by atoms with Gasteiger partial charge in [0.1, 0.15) is 11.6 Å². The molecule has 0 radical (unpaired) electrons. The van der Waals surface area contributed by atoms with Crippen LogP contribution in [0.2, 0.25) is 5.02 Å². The van der Waals surface area contributed by atoms with Crippen LogP contribution in [0.4, 0.5) is 10.1 Å². The van der Waals surface area contributed by atoms with Crippen LogP contribution in [0.25, 0.3) is 10.8 Å². The fourth-order valence-corrected chi connectivity index (χ4v) is 2.46. The molecule has 0 saturated carbocycles. The van der Waals surface area contributed by atoms with Crippen molar-refractivity contribution < 1.29 is 13.9 Å². The molecule has 0 atom stereocenters. The molecule has 0 aliphatic carbocycles. The number of fused-ring (bicyclic) bond motifs is 1. The van der Waals surface area contributed by atoms with Crippen LogP contribution < -0.4 is 10.1 Å². The molecule has 0 heterocycles.